The summed E-state index contributed by atoms with van der Waals surface area (Å²) in [6.45, 7) is 5.36. The molecule has 140 valence electrons. The zero-order valence-corrected chi connectivity index (χ0v) is 14.8. The van der Waals surface area contributed by atoms with Gasteiger partial charge in [-0.15, -0.1) is 0 Å². The van der Waals surface area contributed by atoms with Crippen LogP contribution in [-0.4, -0.2) is 41.5 Å². The Morgan fingerprint density at radius 3 is 2.42 bits per heavy atom. The van der Waals surface area contributed by atoms with E-state index in [0.29, 0.717) is 11.1 Å². The molecule has 3 amide bonds. The summed E-state index contributed by atoms with van der Waals surface area (Å²) < 4.78 is 5.04. The first-order chi connectivity index (χ1) is 12.2. The summed E-state index contributed by atoms with van der Waals surface area (Å²) in [6, 6.07) is 6.37. The van der Waals surface area contributed by atoms with Crippen molar-refractivity contribution in [1.29, 1.82) is 0 Å². The molecule has 0 fully saturated rings. The van der Waals surface area contributed by atoms with Crippen molar-refractivity contribution in [3.63, 3.8) is 0 Å². The highest BCUT2D eigenvalue weighted by Gasteiger charge is 2.15. The van der Waals surface area contributed by atoms with E-state index in [9.17, 15) is 14.4 Å². The Balaban J connectivity index is 2.42. The summed E-state index contributed by atoms with van der Waals surface area (Å²) in [7, 11) is 0. The van der Waals surface area contributed by atoms with Crippen LogP contribution < -0.4 is 16.2 Å². The number of benzene rings is 1. The van der Waals surface area contributed by atoms with E-state index in [2.05, 4.69) is 15.8 Å². The summed E-state index contributed by atoms with van der Waals surface area (Å²) in [5, 5.41) is 14.6. The van der Waals surface area contributed by atoms with Gasteiger partial charge in [-0.3, -0.25) is 14.8 Å². The number of nitrogens with zero attached hydrogens (tertiary/aromatic N) is 1. The molecule has 1 aromatic carbocycles. The van der Waals surface area contributed by atoms with Crippen LogP contribution in [-0.2, 0) is 9.53 Å². The number of nitrogens with one attached hydrogen (secondary N) is 3. The highest BCUT2D eigenvalue weighted by atomic mass is 16.6. The van der Waals surface area contributed by atoms with Crippen LogP contribution in [0.3, 0.4) is 0 Å². The SMILES string of the molecule is CC(C)(C)OC(=O)NC/C=N/NC(=O)c1ccc(/C=C/C(=O)NO)cc1. The van der Waals surface area contributed by atoms with Gasteiger partial charge in [-0.1, -0.05) is 12.1 Å². The molecule has 9 heteroatoms. The second kappa shape index (κ2) is 9.94. The van der Waals surface area contributed by atoms with Gasteiger partial charge in [0, 0.05) is 17.9 Å². The van der Waals surface area contributed by atoms with Crippen LogP contribution in [0.25, 0.3) is 6.08 Å². The molecule has 0 aromatic heterocycles. The molecule has 9 nitrogen and oxygen atoms in total. The number of hydrogen-bond acceptors (Lipinski definition) is 6. The molecule has 0 aliphatic rings. The minimum atomic E-state index is -0.652. The molecule has 0 spiro atoms. The van der Waals surface area contributed by atoms with E-state index in [1.54, 1.807) is 45.0 Å². The van der Waals surface area contributed by atoms with Gasteiger partial charge in [0.1, 0.15) is 5.60 Å². The standard InChI is InChI=1S/C17H22N4O5/c1-17(2,3)26-16(24)18-10-11-19-20-15(23)13-7-4-12(5-8-13)6-9-14(22)21-25/h4-9,11,25H,10H2,1-3H3,(H,18,24)(H,20,23)(H,21,22)/b9-6+,19-11+. The van der Waals surface area contributed by atoms with Gasteiger partial charge in [-0.25, -0.2) is 15.7 Å². The lowest BCUT2D eigenvalue weighted by atomic mass is 10.1. The molecule has 1 rings (SSSR count). The molecule has 0 saturated heterocycles. The number of alkyl carbamates (subject to hydrolysis) is 1. The van der Waals surface area contributed by atoms with E-state index in [1.807, 2.05) is 0 Å². The number of ether oxygens (including phenoxy) is 1. The summed E-state index contributed by atoms with van der Waals surface area (Å²) in [5.74, 6) is -1.08. The lowest BCUT2D eigenvalue weighted by molar-refractivity contribution is -0.124. The largest absolute Gasteiger partial charge is 0.444 e. The Kier molecular flexibility index (Phi) is 7.97. The van der Waals surface area contributed by atoms with Crippen molar-refractivity contribution in [3.05, 3.63) is 41.5 Å². The van der Waals surface area contributed by atoms with Gasteiger partial charge in [0.2, 0.25) is 0 Å². The molecular formula is C17H22N4O5. The zero-order chi connectivity index (χ0) is 19.6. The third-order valence-corrected chi connectivity index (χ3v) is 2.70. The topological polar surface area (TPSA) is 129 Å². The van der Waals surface area contributed by atoms with Gasteiger partial charge in [-0.05, 0) is 44.5 Å². The molecule has 26 heavy (non-hydrogen) atoms. The van der Waals surface area contributed by atoms with Crippen LogP contribution in [0.2, 0.25) is 0 Å². The highest BCUT2D eigenvalue weighted by molar-refractivity contribution is 5.95. The fraction of sp³-hybridized carbons (Fsp3) is 0.294. The summed E-state index contributed by atoms with van der Waals surface area (Å²) >= 11 is 0. The molecule has 4 N–H and O–H groups in total. The van der Waals surface area contributed by atoms with Crippen LogP contribution in [0.4, 0.5) is 4.79 Å². The first-order valence-electron chi connectivity index (χ1n) is 7.72. The molecule has 0 radical (unpaired) electrons. The van der Waals surface area contributed by atoms with Crippen LogP contribution in [0, 0.1) is 0 Å². The second-order valence-corrected chi connectivity index (χ2v) is 6.07. The van der Waals surface area contributed by atoms with Crippen molar-refractivity contribution >= 4 is 30.2 Å². The van der Waals surface area contributed by atoms with Crippen molar-refractivity contribution in [2.45, 2.75) is 26.4 Å². The van der Waals surface area contributed by atoms with Gasteiger partial charge in [0.15, 0.2) is 0 Å². The minimum absolute atomic E-state index is 0.103. The lowest BCUT2D eigenvalue weighted by Gasteiger charge is -2.19. The third kappa shape index (κ3) is 8.60. The molecule has 0 heterocycles. The minimum Gasteiger partial charge on any atom is -0.444 e. The van der Waals surface area contributed by atoms with Crippen molar-refractivity contribution in [2.75, 3.05) is 6.54 Å². The van der Waals surface area contributed by atoms with E-state index in [4.69, 9.17) is 9.94 Å². The number of amides is 3. The summed E-state index contributed by atoms with van der Waals surface area (Å²) in [5.41, 5.74) is 4.26. The maximum Gasteiger partial charge on any atom is 0.407 e. The molecule has 0 aliphatic carbocycles. The van der Waals surface area contributed by atoms with Gasteiger partial charge in [0.25, 0.3) is 11.8 Å². The van der Waals surface area contributed by atoms with Crippen LogP contribution in [0.1, 0.15) is 36.7 Å². The normalized spacial score (nSPS) is 11.4. The van der Waals surface area contributed by atoms with Gasteiger partial charge >= 0.3 is 6.09 Å². The smallest absolute Gasteiger partial charge is 0.407 e. The first kappa shape index (κ1) is 20.8. The third-order valence-electron chi connectivity index (χ3n) is 2.70. The lowest BCUT2D eigenvalue weighted by Crippen LogP contribution is -2.33. The van der Waals surface area contributed by atoms with Crippen molar-refractivity contribution in [3.8, 4) is 0 Å². The number of carbonyl (C=O) groups is 3. The van der Waals surface area contributed by atoms with Crippen LogP contribution >= 0.6 is 0 Å². The van der Waals surface area contributed by atoms with Crippen molar-refractivity contribution in [2.24, 2.45) is 5.10 Å². The molecule has 0 atom stereocenters. The molecule has 0 unspecified atom stereocenters. The Morgan fingerprint density at radius 1 is 1.19 bits per heavy atom. The predicted molar refractivity (Wildman–Crippen MR) is 95.6 cm³/mol. The summed E-state index contributed by atoms with van der Waals surface area (Å²) in [4.78, 5) is 34.2. The van der Waals surface area contributed by atoms with E-state index in [0.717, 1.165) is 6.08 Å². The van der Waals surface area contributed by atoms with E-state index in [1.165, 1.54) is 17.8 Å². The number of hydrazone groups is 1. The Hall–Kier alpha value is -3.20. The average Bonchev–Trinajstić information content (AvgIpc) is 2.58. The van der Waals surface area contributed by atoms with Crippen LogP contribution in [0.15, 0.2) is 35.4 Å². The number of hydrogen-bond donors (Lipinski definition) is 4. The Bertz CT molecular complexity index is 690. The second-order valence-electron chi connectivity index (χ2n) is 6.07. The highest BCUT2D eigenvalue weighted by Crippen LogP contribution is 2.07. The van der Waals surface area contributed by atoms with Crippen molar-refractivity contribution in [1.82, 2.24) is 16.2 Å². The Morgan fingerprint density at radius 2 is 1.85 bits per heavy atom. The maximum atomic E-state index is 11.9. The van der Waals surface area contributed by atoms with E-state index >= 15 is 0 Å². The summed E-state index contributed by atoms with van der Waals surface area (Å²) in [6.07, 6.45) is 3.38. The fourth-order valence-corrected chi connectivity index (χ4v) is 1.61. The first-order valence-corrected chi connectivity index (χ1v) is 7.72. The molecule has 0 saturated carbocycles. The van der Waals surface area contributed by atoms with Gasteiger partial charge < -0.3 is 10.1 Å². The molecule has 0 aliphatic heterocycles. The molecule has 1 aromatic rings. The zero-order valence-electron chi connectivity index (χ0n) is 14.8. The number of hydroxylamine groups is 1. The van der Waals surface area contributed by atoms with Gasteiger partial charge in [-0.2, -0.15) is 5.10 Å². The quantitative estimate of drug-likeness (QED) is 0.263. The van der Waals surface area contributed by atoms with E-state index in [-0.39, 0.29) is 6.54 Å². The van der Waals surface area contributed by atoms with Crippen molar-refractivity contribution < 1.29 is 24.3 Å². The van der Waals surface area contributed by atoms with Gasteiger partial charge in [0.05, 0.1) is 6.54 Å². The predicted octanol–water partition coefficient (Wildman–Crippen LogP) is 1.45. The Labute approximate surface area is 151 Å². The average molecular weight is 362 g/mol. The fourth-order valence-electron chi connectivity index (χ4n) is 1.61. The number of rotatable bonds is 6. The molecular weight excluding hydrogens is 340 g/mol. The maximum absolute atomic E-state index is 11.9. The van der Waals surface area contributed by atoms with E-state index < -0.39 is 23.5 Å². The number of carbonyl (C=O) groups excluding carboxylic acids is 3. The van der Waals surface area contributed by atoms with Crippen LogP contribution in [0.5, 0.6) is 0 Å². The monoisotopic (exact) mass is 362 g/mol. The molecule has 0 bridgehead atoms.